The van der Waals surface area contributed by atoms with E-state index in [4.69, 9.17) is 17.3 Å². The van der Waals surface area contributed by atoms with Gasteiger partial charge < -0.3 is 15.6 Å². The number of hydrogen-bond donors (Lipinski definition) is 2. The van der Waals surface area contributed by atoms with Crippen LogP contribution in [0, 0.1) is 6.92 Å². The van der Waals surface area contributed by atoms with E-state index in [1.54, 1.807) is 18.3 Å². The number of carbonyl (C=O) groups is 1. The zero-order valence-electron chi connectivity index (χ0n) is 13.8. The molecule has 1 unspecified atom stereocenters. The highest BCUT2D eigenvalue weighted by atomic mass is 35.5. The molecule has 0 bridgehead atoms. The van der Waals surface area contributed by atoms with Crippen molar-refractivity contribution in [3.05, 3.63) is 53.1 Å². The van der Waals surface area contributed by atoms with Gasteiger partial charge in [-0.2, -0.15) is 10.2 Å². The Kier molecular flexibility index (Phi) is 5.25. The first-order valence-corrected chi connectivity index (χ1v) is 8.34. The Morgan fingerprint density at radius 2 is 2.24 bits per heavy atom. The molecule has 1 atom stereocenters. The number of hydrogen-bond acceptors (Lipinski definition) is 5. The number of halogens is 1. The van der Waals surface area contributed by atoms with Gasteiger partial charge >= 0.3 is 0 Å². The number of aromatic nitrogens is 4. The fourth-order valence-corrected chi connectivity index (χ4v) is 2.85. The summed E-state index contributed by atoms with van der Waals surface area (Å²) in [4.78, 5) is 16.6. The third kappa shape index (κ3) is 4.12. The van der Waals surface area contributed by atoms with Crippen LogP contribution in [0.15, 0.2) is 36.5 Å². The van der Waals surface area contributed by atoms with Crippen molar-refractivity contribution < 1.29 is 4.79 Å². The average Bonchev–Trinajstić information content (AvgIpc) is 2.90. The van der Waals surface area contributed by atoms with E-state index >= 15 is 0 Å². The normalized spacial score (nSPS) is 12.3. The molecule has 0 aliphatic rings. The van der Waals surface area contributed by atoms with Crippen LogP contribution in [0.5, 0.6) is 0 Å². The minimum Gasteiger partial charge on any atom is -0.353 e. The van der Waals surface area contributed by atoms with Gasteiger partial charge in [0.15, 0.2) is 0 Å². The zero-order chi connectivity index (χ0) is 17.8. The van der Waals surface area contributed by atoms with Crippen molar-refractivity contribution in [1.29, 1.82) is 0 Å². The lowest BCUT2D eigenvalue weighted by Gasteiger charge is -2.13. The van der Waals surface area contributed by atoms with Crippen molar-refractivity contribution in [2.75, 3.05) is 6.54 Å². The minimum absolute atomic E-state index is 0.212. The van der Waals surface area contributed by atoms with Crippen molar-refractivity contribution in [3.63, 3.8) is 0 Å². The number of rotatable bonds is 6. The lowest BCUT2D eigenvalue weighted by atomic mass is 10.1. The zero-order valence-corrected chi connectivity index (χ0v) is 14.6. The van der Waals surface area contributed by atoms with Gasteiger partial charge in [-0.05, 0) is 37.3 Å². The average molecular weight is 359 g/mol. The molecule has 3 rings (SSSR count). The lowest BCUT2D eigenvalue weighted by molar-refractivity contribution is -0.122. The number of fused-ring (bicyclic) bond motifs is 1. The summed E-state index contributed by atoms with van der Waals surface area (Å²) in [5.41, 5.74) is 8.45. The van der Waals surface area contributed by atoms with Crippen molar-refractivity contribution in [3.8, 4) is 0 Å². The maximum atomic E-state index is 12.1. The minimum atomic E-state index is -0.656. The summed E-state index contributed by atoms with van der Waals surface area (Å²) in [7, 11) is 0. The molecule has 7 nitrogen and oxygen atoms in total. The molecule has 2 aromatic heterocycles. The maximum Gasteiger partial charge on any atom is 0.237 e. The molecule has 0 fully saturated rings. The van der Waals surface area contributed by atoms with Crippen LogP contribution in [-0.2, 0) is 17.8 Å². The molecule has 1 amide bonds. The van der Waals surface area contributed by atoms with E-state index in [2.05, 4.69) is 20.5 Å². The largest absolute Gasteiger partial charge is 0.353 e. The molecule has 3 aromatic rings. The van der Waals surface area contributed by atoms with Crippen LogP contribution in [0.3, 0.4) is 0 Å². The Hall–Kier alpha value is -2.51. The van der Waals surface area contributed by atoms with Crippen molar-refractivity contribution in [2.45, 2.75) is 25.9 Å². The molecular formula is C17H19ClN6O. The van der Waals surface area contributed by atoms with Crippen LogP contribution in [0.4, 0.5) is 0 Å². The Bertz CT molecular complexity index is 879. The summed E-state index contributed by atoms with van der Waals surface area (Å²) in [5.74, 6) is 0.658. The number of carbonyl (C=O) groups excluding carboxylic acids is 1. The number of aryl methyl sites for hydroxylation is 1. The van der Waals surface area contributed by atoms with E-state index < -0.39 is 6.04 Å². The summed E-state index contributed by atoms with van der Waals surface area (Å²) in [6, 6.07) is 8.50. The summed E-state index contributed by atoms with van der Waals surface area (Å²) in [5, 5.41) is 11.2. The van der Waals surface area contributed by atoms with Crippen molar-refractivity contribution in [2.24, 2.45) is 5.73 Å². The molecule has 0 radical (unpaired) electrons. The first kappa shape index (κ1) is 17.3. The van der Waals surface area contributed by atoms with Crippen LogP contribution in [0.25, 0.3) is 11.0 Å². The van der Waals surface area contributed by atoms with Crippen LogP contribution in [0.1, 0.15) is 11.5 Å². The standard InChI is InChI=1S/C17H19ClN6O/c1-11-22-15-9-12(18)4-5-16(15)24(11)8-7-20-17(25)14(19)10-13-3-2-6-21-23-13/h2-6,9,14H,7-8,10,19H2,1H3,(H,20,25). The number of nitrogens with zero attached hydrogens (tertiary/aromatic N) is 4. The van der Waals surface area contributed by atoms with Crippen molar-refractivity contribution in [1.82, 2.24) is 25.1 Å². The predicted octanol–water partition coefficient (Wildman–Crippen LogP) is 1.47. The molecule has 1 aromatic carbocycles. The predicted molar refractivity (Wildman–Crippen MR) is 96.2 cm³/mol. The smallest absolute Gasteiger partial charge is 0.237 e. The molecule has 2 heterocycles. The summed E-state index contributed by atoms with van der Waals surface area (Å²) in [6.07, 6.45) is 1.94. The van der Waals surface area contributed by atoms with Gasteiger partial charge in [-0.1, -0.05) is 11.6 Å². The second-order valence-electron chi connectivity index (χ2n) is 5.76. The van der Waals surface area contributed by atoms with Gasteiger partial charge in [-0.25, -0.2) is 4.98 Å². The Morgan fingerprint density at radius 1 is 1.40 bits per heavy atom. The molecule has 0 spiro atoms. The fourth-order valence-electron chi connectivity index (χ4n) is 2.69. The molecule has 0 aliphatic heterocycles. The number of nitrogens with one attached hydrogen (secondary N) is 1. The molecule has 0 saturated heterocycles. The molecule has 25 heavy (non-hydrogen) atoms. The first-order chi connectivity index (χ1) is 12.0. The van der Waals surface area contributed by atoms with E-state index in [1.165, 1.54) is 0 Å². The van der Waals surface area contributed by atoms with Crippen LogP contribution in [0.2, 0.25) is 5.02 Å². The van der Waals surface area contributed by atoms with Gasteiger partial charge in [-0.3, -0.25) is 4.79 Å². The van der Waals surface area contributed by atoms with Gasteiger partial charge in [0.1, 0.15) is 5.82 Å². The molecule has 130 valence electrons. The summed E-state index contributed by atoms with van der Waals surface area (Å²) < 4.78 is 2.04. The molecular weight excluding hydrogens is 340 g/mol. The second-order valence-corrected chi connectivity index (χ2v) is 6.20. The highest BCUT2D eigenvalue weighted by Crippen LogP contribution is 2.20. The van der Waals surface area contributed by atoms with Gasteiger partial charge in [0, 0.05) is 30.7 Å². The van der Waals surface area contributed by atoms with E-state index in [0.717, 1.165) is 16.9 Å². The lowest BCUT2D eigenvalue weighted by Crippen LogP contribution is -2.43. The highest BCUT2D eigenvalue weighted by Gasteiger charge is 2.15. The quantitative estimate of drug-likeness (QED) is 0.695. The Labute approximate surface area is 150 Å². The maximum absolute atomic E-state index is 12.1. The van der Waals surface area contributed by atoms with E-state index in [1.807, 2.05) is 29.7 Å². The Balaban J connectivity index is 1.57. The van der Waals surface area contributed by atoms with Gasteiger partial charge in [-0.15, -0.1) is 0 Å². The van der Waals surface area contributed by atoms with Gasteiger partial charge in [0.05, 0.1) is 22.8 Å². The SMILES string of the molecule is Cc1nc2cc(Cl)ccc2n1CCNC(=O)C(N)Cc1cccnn1. The highest BCUT2D eigenvalue weighted by molar-refractivity contribution is 6.31. The van der Waals surface area contributed by atoms with Crippen LogP contribution >= 0.6 is 11.6 Å². The third-order valence-corrected chi connectivity index (χ3v) is 4.16. The molecule has 0 saturated carbocycles. The van der Waals surface area contributed by atoms with Gasteiger partial charge in [0.25, 0.3) is 0 Å². The number of imidazole rings is 1. The van der Waals surface area contributed by atoms with E-state index in [0.29, 0.717) is 30.2 Å². The fraction of sp³-hybridized carbons (Fsp3) is 0.294. The summed E-state index contributed by atoms with van der Waals surface area (Å²) >= 11 is 6.00. The van der Waals surface area contributed by atoms with Gasteiger partial charge in [0.2, 0.25) is 5.91 Å². The number of amides is 1. The van der Waals surface area contributed by atoms with Crippen LogP contribution in [-0.4, -0.2) is 38.2 Å². The number of nitrogens with two attached hydrogens (primary N) is 1. The third-order valence-electron chi connectivity index (χ3n) is 3.93. The van der Waals surface area contributed by atoms with E-state index in [9.17, 15) is 4.79 Å². The van der Waals surface area contributed by atoms with Crippen molar-refractivity contribution >= 4 is 28.5 Å². The number of benzene rings is 1. The molecule has 0 aliphatic carbocycles. The Morgan fingerprint density at radius 3 is 3.00 bits per heavy atom. The molecule has 8 heteroatoms. The van der Waals surface area contributed by atoms with Crippen LogP contribution < -0.4 is 11.1 Å². The van der Waals surface area contributed by atoms with E-state index in [-0.39, 0.29) is 5.91 Å². The first-order valence-electron chi connectivity index (χ1n) is 7.97. The molecule has 3 N–H and O–H groups in total. The monoisotopic (exact) mass is 358 g/mol. The second kappa shape index (κ2) is 7.58. The topological polar surface area (TPSA) is 98.7 Å². The summed E-state index contributed by atoms with van der Waals surface area (Å²) in [6.45, 7) is 2.99.